The molecule has 0 aliphatic carbocycles. The summed E-state index contributed by atoms with van der Waals surface area (Å²) in [6, 6.07) is 10.7. The zero-order valence-corrected chi connectivity index (χ0v) is 11.0. The van der Waals surface area contributed by atoms with E-state index in [1.54, 1.807) is 14.2 Å². The van der Waals surface area contributed by atoms with Gasteiger partial charge in [-0.2, -0.15) is 0 Å². The van der Waals surface area contributed by atoms with Crippen molar-refractivity contribution in [2.75, 3.05) is 27.4 Å². The van der Waals surface area contributed by atoms with E-state index in [2.05, 4.69) is 30.3 Å². The summed E-state index contributed by atoms with van der Waals surface area (Å²) in [5.41, 5.74) is 1.43. The van der Waals surface area contributed by atoms with Crippen molar-refractivity contribution < 1.29 is 9.47 Å². The molecule has 96 valence electrons. The number of methoxy groups -OCH3 is 2. The third-order valence-corrected chi connectivity index (χ3v) is 2.98. The molecule has 2 nitrogen and oxygen atoms in total. The van der Waals surface area contributed by atoms with Gasteiger partial charge in [-0.3, -0.25) is 0 Å². The van der Waals surface area contributed by atoms with Gasteiger partial charge in [0.15, 0.2) is 0 Å². The molecule has 2 heteroatoms. The molecule has 0 aromatic heterocycles. The fourth-order valence-electron chi connectivity index (χ4n) is 2.09. The lowest BCUT2D eigenvalue weighted by Crippen LogP contribution is -2.14. The van der Waals surface area contributed by atoms with Crippen molar-refractivity contribution in [3.05, 3.63) is 35.9 Å². The monoisotopic (exact) mass is 236 g/mol. The lowest BCUT2D eigenvalue weighted by atomic mass is 10.0. The van der Waals surface area contributed by atoms with E-state index in [9.17, 15) is 0 Å². The van der Waals surface area contributed by atoms with Crippen molar-refractivity contribution in [2.24, 2.45) is 5.92 Å². The molecule has 0 radical (unpaired) electrons. The summed E-state index contributed by atoms with van der Waals surface area (Å²) in [5.74, 6) is 0.542. The van der Waals surface area contributed by atoms with Crippen LogP contribution in [0.25, 0.3) is 0 Å². The Balaban J connectivity index is 2.13. The van der Waals surface area contributed by atoms with Crippen LogP contribution in [0.2, 0.25) is 0 Å². The van der Waals surface area contributed by atoms with Gasteiger partial charge in [0.05, 0.1) is 13.2 Å². The molecule has 0 saturated heterocycles. The van der Waals surface area contributed by atoms with E-state index >= 15 is 0 Å². The molecule has 0 bridgehead atoms. The minimum Gasteiger partial charge on any atom is -0.384 e. The van der Waals surface area contributed by atoms with E-state index in [0.717, 1.165) is 13.2 Å². The van der Waals surface area contributed by atoms with Gasteiger partial charge in [0, 0.05) is 20.1 Å². The van der Waals surface area contributed by atoms with Crippen molar-refractivity contribution in [3.8, 4) is 0 Å². The zero-order chi connectivity index (χ0) is 12.3. The lowest BCUT2D eigenvalue weighted by molar-refractivity contribution is 0.0793. The molecule has 0 aliphatic rings. The Labute approximate surface area is 105 Å². The Kier molecular flexibility index (Phi) is 7.69. The van der Waals surface area contributed by atoms with Gasteiger partial charge in [-0.15, -0.1) is 0 Å². The number of aryl methyl sites for hydroxylation is 1. The van der Waals surface area contributed by atoms with E-state index in [1.165, 1.54) is 31.2 Å². The summed E-state index contributed by atoms with van der Waals surface area (Å²) >= 11 is 0. The van der Waals surface area contributed by atoms with Gasteiger partial charge < -0.3 is 9.47 Å². The average molecular weight is 236 g/mol. The van der Waals surface area contributed by atoms with Crippen LogP contribution in [-0.4, -0.2) is 27.4 Å². The van der Waals surface area contributed by atoms with Crippen LogP contribution in [0.4, 0.5) is 0 Å². The maximum Gasteiger partial charge on any atom is 0.0512 e. The summed E-state index contributed by atoms with van der Waals surface area (Å²) < 4.78 is 10.4. The van der Waals surface area contributed by atoms with Crippen LogP contribution in [0.1, 0.15) is 24.8 Å². The van der Waals surface area contributed by atoms with Crippen LogP contribution < -0.4 is 0 Å². The fourth-order valence-corrected chi connectivity index (χ4v) is 2.09. The first kappa shape index (κ1) is 14.2. The van der Waals surface area contributed by atoms with Gasteiger partial charge in [0.2, 0.25) is 0 Å². The van der Waals surface area contributed by atoms with Crippen molar-refractivity contribution in [2.45, 2.75) is 25.7 Å². The van der Waals surface area contributed by atoms with E-state index in [4.69, 9.17) is 9.47 Å². The van der Waals surface area contributed by atoms with Crippen molar-refractivity contribution in [1.29, 1.82) is 0 Å². The standard InChI is InChI=1S/C15H24O2/c1-16-12-15(13-17-2)11-7-6-10-14-8-4-3-5-9-14/h3-5,8-9,15H,6-7,10-13H2,1-2H3. The van der Waals surface area contributed by atoms with Crippen LogP contribution >= 0.6 is 0 Å². The number of rotatable bonds is 9. The third-order valence-electron chi connectivity index (χ3n) is 2.98. The minimum absolute atomic E-state index is 0.542. The van der Waals surface area contributed by atoms with Crippen molar-refractivity contribution in [3.63, 3.8) is 0 Å². The van der Waals surface area contributed by atoms with Gasteiger partial charge >= 0.3 is 0 Å². The normalized spacial score (nSPS) is 11.0. The smallest absolute Gasteiger partial charge is 0.0512 e. The van der Waals surface area contributed by atoms with E-state index < -0.39 is 0 Å². The maximum absolute atomic E-state index is 5.19. The molecule has 1 rings (SSSR count). The molecule has 0 heterocycles. The van der Waals surface area contributed by atoms with Crippen LogP contribution in [-0.2, 0) is 15.9 Å². The molecule has 0 saturated carbocycles. The highest BCUT2D eigenvalue weighted by Gasteiger charge is 2.07. The van der Waals surface area contributed by atoms with E-state index in [0.29, 0.717) is 5.92 Å². The van der Waals surface area contributed by atoms with Crippen LogP contribution in [0.3, 0.4) is 0 Å². The topological polar surface area (TPSA) is 18.5 Å². The van der Waals surface area contributed by atoms with Crippen LogP contribution in [0.15, 0.2) is 30.3 Å². The molecular weight excluding hydrogens is 212 g/mol. The summed E-state index contributed by atoms with van der Waals surface area (Å²) in [5, 5.41) is 0. The number of hydrogen-bond donors (Lipinski definition) is 0. The molecule has 17 heavy (non-hydrogen) atoms. The van der Waals surface area contributed by atoms with Gasteiger partial charge in [-0.05, 0) is 24.8 Å². The molecule has 0 N–H and O–H groups in total. The lowest BCUT2D eigenvalue weighted by Gasteiger charge is -2.14. The number of hydrogen-bond acceptors (Lipinski definition) is 2. The minimum atomic E-state index is 0.542. The largest absolute Gasteiger partial charge is 0.384 e. The van der Waals surface area contributed by atoms with Gasteiger partial charge in [-0.1, -0.05) is 36.8 Å². The highest BCUT2D eigenvalue weighted by Crippen LogP contribution is 2.12. The number of unbranched alkanes of at least 4 members (excludes halogenated alkanes) is 1. The molecule has 1 aromatic rings. The first-order chi connectivity index (χ1) is 8.36. The summed E-state index contributed by atoms with van der Waals surface area (Å²) in [6.07, 6.45) is 4.85. The first-order valence-electron chi connectivity index (χ1n) is 6.38. The molecular formula is C15H24O2. The van der Waals surface area contributed by atoms with Crippen LogP contribution in [0, 0.1) is 5.92 Å². The molecule has 0 unspecified atom stereocenters. The molecule has 0 aliphatic heterocycles. The third kappa shape index (κ3) is 6.44. The molecule has 0 amide bonds. The average Bonchev–Trinajstić information content (AvgIpc) is 2.36. The van der Waals surface area contributed by atoms with Crippen LogP contribution in [0.5, 0.6) is 0 Å². The Morgan fingerprint density at radius 1 is 0.941 bits per heavy atom. The van der Waals surface area contributed by atoms with E-state index in [-0.39, 0.29) is 0 Å². The Morgan fingerprint density at radius 3 is 2.18 bits per heavy atom. The zero-order valence-electron chi connectivity index (χ0n) is 11.0. The summed E-state index contributed by atoms with van der Waals surface area (Å²) in [7, 11) is 3.51. The number of benzene rings is 1. The molecule has 1 aromatic carbocycles. The Bertz CT molecular complexity index is 266. The molecule has 0 fully saturated rings. The van der Waals surface area contributed by atoms with Gasteiger partial charge in [0.25, 0.3) is 0 Å². The van der Waals surface area contributed by atoms with Gasteiger partial charge in [0.1, 0.15) is 0 Å². The number of ether oxygens (including phenoxy) is 2. The maximum atomic E-state index is 5.19. The highest BCUT2D eigenvalue weighted by atomic mass is 16.5. The summed E-state index contributed by atoms with van der Waals surface area (Å²) in [6.45, 7) is 1.61. The predicted molar refractivity (Wildman–Crippen MR) is 71.2 cm³/mol. The predicted octanol–water partition coefficient (Wildman–Crippen LogP) is 3.31. The second-order valence-electron chi connectivity index (χ2n) is 4.51. The fraction of sp³-hybridized carbons (Fsp3) is 0.600. The second kappa shape index (κ2) is 9.20. The Hall–Kier alpha value is -0.860. The van der Waals surface area contributed by atoms with Crippen molar-refractivity contribution in [1.82, 2.24) is 0 Å². The molecule has 0 spiro atoms. The Morgan fingerprint density at radius 2 is 1.59 bits per heavy atom. The van der Waals surface area contributed by atoms with Crippen molar-refractivity contribution >= 4 is 0 Å². The SMILES string of the molecule is COCC(CCCCc1ccccc1)COC. The first-order valence-corrected chi connectivity index (χ1v) is 6.38. The molecule has 0 atom stereocenters. The van der Waals surface area contributed by atoms with Gasteiger partial charge in [-0.25, -0.2) is 0 Å². The summed E-state index contributed by atoms with van der Waals surface area (Å²) in [4.78, 5) is 0. The van der Waals surface area contributed by atoms with E-state index in [1.807, 2.05) is 0 Å². The highest BCUT2D eigenvalue weighted by molar-refractivity contribution is 5.14. The second-order valence-corrected chi connectivity index (χ2v) is 4.51. The quantitative estimate of drug-likeness (QED) is 0.612.